The first-order valence-corrected chi connectivity index (χ1v) is 4.90. The number of fused-ring (bicyclic) bond motifs is 1. The highest BCUT2D eigenvalue weighted by atomic mass is 16.6. The molecule has 0 aromatic heterocycles. The average molecular weight is 238 g/mol. The third-order valence-corrected chi connectivity index (χ3v) is 2.36. The van der Waals surface area contributed by atoms with Crippen molar-refractivity contribution in [2.24, 2.45) is 0 Å². The minimum atomic E-state index is -0.905. The number of carbonyl (C=O) groups is 1. The number of nitro benzene ring substituents is 1. The Morgan fingerprint density at radius 1 is 1.65 bits per heavy atom. The van der Waals surface area contributed by atoms with Crippen molar-refractivity contribution >= 4 is 17.3 Å². The number of rotatable bonds is 2. The fraction of sp³-hybridized carbons (Fsp3) is 0.300. The maximum absolute atomic E-state index is 10.9. The third kappa shape index (κ3) is 2.04. The molecule has 2 rings (SSSR count). The van der Waals surface area contributed by atoms with Crippen molar-refractivity contribution in [2.45, 2.75) is 13.0 Å². The van der Waals surface area contributed by atoms with E-state index in [-0.39, 0.29) is 29.6 Å². The number of nitrogens with zero attached hydrogens (tertiary/aromatic N) is 1. The monoisotopic (exact) mass is 238 g/mol. The molecule has 0 unspecified atom stereocenters. The molecule has 0 bridgehead atoms. The van der Waals surface area contributed by atoms with Crippen LogP contribution in [0.25, 0.3) is 0 Å². The van der Waals surface area contributed by atoms with Crippen LogP contribution in [0, 0.1) is 10.1 Å². The summed E-state index contributed by atoms with van der Waals surface area (Å²) in [6, 6.07) is 2.68. The maximum atomic E-state index is 10.9. The largest absolute Gasteiger partial charge is 0.483 e. The zero-order valence-corrected chi connectivity index (χ0v) is 8.97. The Morgan fingerprint density at radius 3 is 2.94 bits per heavy atom. The quantitative estimate of drug-likeness (QED) is 0.590. The fourth-order valence-corrected chi connectivity index (χ4v) is 1.70. The predicted molar refractivity (Wildman–Crippen MR) is 57.9 cm³/mol. The van der Waals surface area contributed by atoms with Gasteiger partial charge in [-0.05, 0) is 6.07 Å². The SMILES string of the molecule is CC(=O)Nc1cc2c(c([N+](=O)[O-])c1)OC[C@H]2O. The van der Waals surface area contributed by atoms with Crippen LogP contribution in [-0.4, -0.2) is 22.5 Å². The van der Waals surface area contributed by atoms with Gasteiger partial charge in [-0.3, -0.25) is 14.9 Å². The molecule has 90 valence electrons. The number of nitro groups is 1. The highest BCUT2D eigenvalue weighted by molar-refractivity contribution is 5.89. The van der Waals surface area contributed by atoms with Gasteiger partial charge in [-0.15, -0.1) is 0 Å². The normalized spacial score (nSPS) is 17.2. The Bertz CT molecular complexity index is 500. The molecule has 1 aromatic rings. The van der Waals surface area contributed by atoms with E-state index in [4.69, 9.17) is 4.74 Å². The summed E-state index contributed by atoms with van der Waals surface area (Å²) in [5.74, 6) is -0.274. The molecule has 1 heterocycles. The minimum Gasteiger partial charge on any atom is -0.483 e. The molecular weight excluding hydrogens is 228 g/mol. The fourth-order valence-electron chi connectivity index (χ4n) is 1.70. The van der Waals surface area contributed by atoms with Crippen LogP contribution >= 0.6 is 0 Å². The van der Waals surface area contributed by atoms with E-state index in [1.54, 1.807) is 0 Å². The van der Waals surface area contributed by atoms with Crippen LogP contribution in [0.5, 0.6) is 5.75 Å². The van der Waals surface area contributed by atoms with Crippen molar-refractivity contribution in [2.75, 3.05) is 11.9 Å². The van der Waals surface area contributed by atoms with E-state index in [2.05, 4.69) is 5.32 Å². The summed E-state index contributed by atoms with van der Waals surface area (Å²) >= 11 is 0. The lowest BCUT2D eigenvalue weighted by atomic mass is 10.1. The molecule has 7 nitrogen and oxygen atoms in total. The van der Waals surface area contributed by atoms with E-state index in [0.29, 0.717) is 5.56 Å². The van der Waals surface area contributed by atoms with E-state index in [1.807, 2.05) is 0 Å². The molecule has 1 aromatic carbocycles. The number of hydrogen-bond acceptors (Lipinski definition) is 5. The summed E-state index contributed by atoms with van der Waals surface area (Å²) in [4.78, 5) is 21.1. The number of carbonyl (C=O) groups excluding carboxylic acids is 1. The van der Waals surface area contributed by atoms with Crippen LogP contribution in [0.2, 0.25) is 0 Å². The van der Waals surface area contributed by atoms with Gasteiger partial charge >= 0.3 is 5.69 Å². The Morgan fingerprint density at radius 2 is 2.35 bits per heavy atom. The first-order valence-electron chi connectivity index (χ1n) is 4.90. The summed E-state index contributed by atoms with van der Waals surface area (Å²) in [5.41, 5.74) is 0.332. The van der Waals surface area contributed by atoms with Gasteiger partial charge in [0.1, 0.15) is 12.7 Å². The molecular formula is C10H10N2O5. The average Bonchev–Trinajstić information content (AvgIpc) is 2.59. The van der Waals surface area contributed by atoms with Gasteiger partial charge in [-0.2, -0.15) is 0 Å². The number of aliphatic hydroxyl groups excluding tert-OH is 1. The van der Waals surface area contributed by atoms with Crippen LogP contribution in [0.4, 0.5) is 11.4 Å². The Balaban J connectivity index is 2.52. The van der Waals surface area contributed by atoms with Crippen molar-refractivity contribution in [3.05, 3.63) is 27.8 Å². The second-order valence-corrected chi connectivity index (χ2v) is 3.68. The smallest absolute Gasteiger partial charge is 0.313 e. The third-order valence-electron chi connectivity index (χ3n) is 2.36. The summed E-state index contributed by atoms with van der Waals surface area (Å²) in [6.45, 7) is 1.28. The lowest BCUT2D eigenvalue weighted by molar-refractivity contribution is -0.385. The van der Waals surface area contributed by atoms with E-state index in [1.165, 1.54) is 19.1 Å². The second kappa shape index (κ2) is 4.02. The van der Waals surface area contributed by atoms with Gasteiger partial charge in [0.25, 0.3) is 0 Å². The minimum absolute atomic E-state index is 0.0142. The summed E-state index contributed by atoms with van der Waals surface area (Å²) in [7, 11) is 0. The van der Waals surface area contributed by atoms with Crippen LogP contribution in [0.3, 0.4) is 0 Å². The summed E-state index contributed by atoms with van der Waals surface area (Å²) in [5, 5.41) is 22.9. The highest BCUT2D eigenvalue weighted by Gasteiger charge is 2.31. The van der Waals surface area contributed by atoms with E-state index in [0.717, 1.165) is 0 Å². The van der Waals surface area contributed by atoms with Gasteiger partial charge in [-0.1, -0.05) is 0 Å². The van der Waals surface area contributed by atoms with Crippen molar-refractivity contribution in [3.63, 3.8) is 0 Å². The molecule has 0 radical (unpaired) electrons. The van der Waals surface area contributed by atoms with Gasteiger partial charge in [0.2, 0.25) is 11.7 Å². The molecule has 7 heteroatoms. The zero-order valence-electron chi connectivity index (χ0n) is 8.97. The van der Waals surface area contributed by atoms with Crippen LogP contribution in [-0.2, 0) is 4.79 Å². The van der Waals surface area contributed by atoms with Gasteiger partial charge in [0.05, 0.1) is 4.92 Å². The number of hydrogen-bond donors (Lipinski definition) is 2. The highest BCUT2D eigenvalue weighted by Crippen LogP contribution is 2.42. The molecule has 0 saturated heterocycles. The Hall–Kier alpha value is -2.15. The number of amides is 1. The second-order valence-electron chi connectivity index (χ2n) is 3.68. The van der Waals surface area contributed by atoms with Crippen molar-refractivity contribution in [1.29, 1.82) is 0 Å². The summed E-state index contributed by atoms with van der Waals surface area (Å²) < 4.78 is 5.06. The van der Waals surface area contributed by atoms with E-state index < -0.39 is 11.0 Å². The molecule has 1 aliphatic rings. The molecule has 1 aliphatic heterocycles. The van der Waals surface area contributed by atoms with E-state index >= 15 is 0 Å². The van der Waals surface area contributed by atoms with Gasteiger partial charge in [0, 0.05) is 24.2 Å². The van der Waals surface area contributed by atoms with E-state index in [9.17, 15) is 20.0 Å². The number of aliphatic hydroxyl groups is 1. The number of benzene rings is 1. The molecule has 0 fully saturated rings. The van der Waals surface area contributed by atoms with Crippen LogP contribution in [0.15, 0.2) is 12.1 Å². The topological polar surface area (TPSA) is 102 Å². The number of nitrogens with one attached hydrogen (secondary N) is 1. The molecule has 0 spiro atoms. The Kier molecular flexibility index (Phi) is 2.68. The molecule has 0 saturated carbocycles. The lowest BCUT2D eigenvalue weighted by Gasteiger charge is -2.06. The number of ether oxygens (including phenoxy) is 1. The van der Waals surface area contributed by atoms with Crippen LogP contribution < -0.4 is 10.1 Å². The number of anilines is 1. The molecule has 1 atom stereocenters. The van der Waals surface area contributed by atoms with Gasteiger partial charge in [-0.25, -0.2) is 0 Å². The van der Waals surface area contributed by atoms with Crippen LogP contribution in [0.1, 0.15) is 18.6 Å². The predicted octanol–water partition coefficient (Wildman–Crippen LogP) is 0.979. The van der Waals surface area contributed by atoms with Crippen molar-refractivity contribution < 1.29 is 19.6 Å². The zero-order chi connectivity index (χ0) is 12.6. The lowest BCUT2D eigenvalue weighted by Crippen LogP contribution is -2.07. The molecule has 0 aliphatic carbocycles. The van der Waals surface area contributed by atoms with Crippen molar-refractivity contribution in [1.82, 2.24) is 0 Å². The molecule has 17 heavy (non-hydrogen) atoms. The summed E-state index contributed by atoms with van der Waals surface area (Å²) in [6.07, 6.45) is -0.905. The first-order chi connectivity index (χ1) is 7.99. The first kappa shape index (κ1) is 11.3. The molecule has 1 amide bonds. The van der Waals surface area contributed by atoms with Crippen molar-refractivity contribution in [3.8, 4) is 5.75 Å². The van der Waals surface area contributed by atoms with Gasteiger partial charge in [0.15, 0.2) is 0 Å². The Labute approximate surface area is 96.2 Å². The maximum Gasteiger partial charge on any atom is 0.313 e. The van der Waals surface area contributed by atoms with Gasteiger partial charge < -0.3 is 15.2 Å². The molecule has 2 N–H and O–H groups in total. The standard InChI is InChI=1S/C10H10N2O5/c1-5(13)11-6-2-7-9(14)4-17-10(7)8(3-6)12(15)16/h2-3,9,14H,4H2,1H3,(H,11,13)/t9-/m1/s1.